The van der Waals surface area contributed by atoms with Gasteiger partial charge in [-0.05, 0) is 6.92 Å². The van der Waals surface area contributed by atoms with E-state index in [4.69, 9.17) is 61.6 Å². The molecule has 0 saturated carbocycles. The number of ether oxygens (including phenoxy) is 13. The van der Waals surface area contributed by atoms with E-state index < -0.39 is 266 Å². The predicted molar refractivity (Wildman–Crippen MR) is 254 cm³/mol. The van der Waals surface area contributed by atoms with Crippen LogP contribution in [-0.4, -0.2) is 368 Å². The fourth-order valence-corrected chi connectivity index (χ4v) is 10.8. The van der Waals surface area contributed by atoms with E-state index in [1.54, 1.807) is 0 Å². The second-order valence-corrected chi connectivity index (χ2v) is 21.0. The Hall–Kier alpha value is -2.38. The third-order valence-corrected chi connectivity index (χ3v) is 15.3. The molecule has 0 spiro atoms. The maximum Gasteiger partial charge on any atom is 0.217 e. The number of aliphatic hydroxyl groups is 20. The number of carbonyl (C=O) groups is 2. The lowest BCUT2D eigenvalue weighted by Crippen LogP contribution is -2.71. The Morgan fingerprint density at radius 3 is 1.22 bits per heavy atom. The summed E-state index contributed by atoms with van der Waals surface area (Å²) < 4.78 is 75.2. The highest BCUT2D eigenvalue weighted by Crippen LogP contribution is 2.39. The molecule has 7 aliphatic heterocycles. The second kappa shape index (κ2) is 29.3. The third-order valence-electron chi connectivity index (χ3n) is 15.3. The van der Waals surface area contributed by atoms with Crippen LogP contribution in [-0.2, 0) is 71.2 Å². The molecule has 37 nitrogen and oxygen atoms in total. The van der Waals surface area contributed by atoms with Crippen molar-refractivity contribution in [1.82, 2.24) is 10.6 Å². The smallest absolute Gasteiger partial charge is 0.217 e. The van der Waals surface area contributed by atoms with Gasteiger partial charge in [0.2, 0.25) is 11.8 Å². The average Bonchev–Trinajstić information content (AvgIpc) is 3.64. The van der Waals surface area contributed by atoms with Gasteiger partial charge in [-0.15, -0.1) is 0 Å². The molecule has 0 aromatic carbocycles. The van der Waals surface area contributed by atoms with Crippen LogP contribution in [0.5, 0.6) is 0 Å². The van der Waals surface area contributed by atoms with E-state index in [-0.39, 0.29) is 0 Å². The first-order valence-electron chi connectivity index (χ1n) is 26.5. The van der Waals surface area contributed by atoms with Crippen LogP contribution < -0.4 is 10.6 Å². The number of aliphatic hydroxyl groups excluding tert-OH is 20. The van der Waals surface area contributed by atoms with E-state index in [0.717, 1.165) is 13.8 Å². The minimum absolute atomic E-state index is 0.853. The van der Waals surface area contributed by atoms with Gasteiger partial charge in [0.05, 0.1) is 45.7 Å². The van der Waals surface area contributed by atoms with Crippen molar-refractivity contribution in [3.05, 3.63) is 0 Å². The quantitative estimate of drug-likeness (QED) is 0.0538. The van der Waals surface area contributed by atoms with Crippen LogP contribution in [0.4, 0.5) is 0 Å². The van der Waals surface area contributed by atoms with Gasteiger partial charge < -0.3 is 174 Å². The summed E-state index contributed by atoms with van der Waals surface area (Å²) >= 11 is 0. The number of carbonyl (C=O) groups excluding carboxylic acids is 2. The van der Waals surface area contributed by atoms with Crippen molar-refractivity contribution in [3.8, 4) is 0 Å². The monoisotopic (exact) mass is 1220 g/mol. The number of nitrogens with one attached hydrogen (secondary N) is 2. The van der Waals surface area contributed by atoms with E-state index in [9.17, 15) is 112 Å². The number of hydrogen-bond donors (Lipinski definition) is 22. The van der Waals surface area contributed by atoms with E-state index in [1.165, 1.54) is 6.92 Å². The lowest BCUT2D eigenvalue weighted by Gasteiger charge is -2.52. The van der Waals surface area contributed by atoms with Gasteiger partial charge in [0.15, 0.2) is 44.0 Å². The molecule has 2 amide bonds. The summed E-state index contributed by atoms with van der Waals surface area (Å²) in [5, 5.41) is 222. The van der Waals surface area contributed by atoms with Crippen LogP contribution >= 0.6 is 0 Å². The zero-order valence-electron chi connectivity index (χ0n) is 44.5. The van der Waals surface area contributed by atoms with Gasteiger partial charge in [0.25, 0.3) is 0 Å². The third kappa shape index (κ3) is 14.5. The van der Waals surface area contributed by atoms with Crippen molar-refractivity contribution in [3.63, 3.8) is 0 Å². The van der Waals surface area contributed by atoms with Crippen molar-refractivity contribution in [2.75, 3.05) is 39.6 Å². The normalized spacial score (nSPS) is 50.8. The Kier molecular flexibility index (Phi) is 24.0. The molecule has 0 bridgehead atoms. The fraction of sp³-hybridized carbons (Fsp3) is 0.957. The average molecular weight is 1220 g/mol. The van der Waals surface area contributed by atoms with Crippen LogP contribution in [0.25, 0.3) is 0 Å². The van der Waals surface area contributed by atoms with E-state index in [1.807, 2.05) is 0 Å². The van der Waals surface area contributed by atoms with Gasteiger partial charge in [0.1, 0.15) is 165 Å². The molecule has 22 N–H and O–H groups in total. The summed E-state index contributed by atoms with van der Waals surface area (Å²) in [5.41, 5.74) is 0. The Bertz CT molecular complexity index is 2040. The zero-order valence-corrected chi connectivity index (χ0v) is 44.5. The van der Waals surface area contributed by atoms with Crippen molar-refractivity contribution in [2.45, 2.75) is 236 Å². The van der Waals surface area contributed by atoms with Crippen LogP contribution in [0.15, 0.2) is 0 Å². The van der Waals surface area contributed by atoms with E-state index >= 15 is 0 Å². The lowest BCUT2D eigenvalue weighted by atomic mass is 9.93. The maximum atomic E-state index is 13.1. The molecular weight excluding hydrogens is 1140 g/mol. The second-order valence-electron chi connectivity index (χ2n) is 21.0. The molecule has 7 rings (SSSR count). The summed E-state index contributed by atoms with van der Waals surface area (Å²) in [5.74, 6) is -1.78. The summed E-state index contributed by atoms with van der Waals surface area (Å²) in [6.07, 6.45) is -64.5. The molecule has 482 valence electrons. The molecule has 0 unspecified atom stereocenters. The summed E-state index contributed by atoms with van der Waals surface area (Å²) in [4.78, 5) is 25.6. The van der Waals surface area contributed by atoms with Crippen LogP contribution in [0.2, 0.25) is 0 Å². The highest BCUT2D eigenvalue weighted by Gasteiger charge is 2.60. The maximum absolute atomic E-state index is 13.1. The lowest BCUT2D eigenvalue weighted by molar-refractivity contribution is -0.399. The first kappa shape index (κ1) is 68.1. The summed E-state index contributed by atoms with van der Waals surface area (Å²) in [6, 6.07) is -3.67. The SMILES string of the molecule is CC(=O)N[C@H]1[C@H](O[C@@H]2[C@@H](O)[C@@H](O[C@@H]3[C@H](O)[C@@H](O)[C@H](O[C@H]4[C@H](O)[C@@H](O)[C@H](O)O[C@@H]4CO)O[C@@H]3CO)O[C@H](CO)[C@@H]2O[C@@H]2O[C@H](CO)[C@H](O)[C@H](O[C@@H]3O[C@H](CO)[C@H](O)[C@H](O[C@H]4[C@H](O)[C@H](O)[C@H](C)O[C@H]4O)[C@H]3O)[C@H]2NC(C)=O)O[C@H](CO)[C@H](O)[C@@H]1O. The van der Waals surface area contributed by atoms with Crippen LogP contribution in [0.3, 0.4) is 0 Å². The number of rotatable bonds is 20. The molecule has 35 atom stereocenters. The molecule has 37 heteroatoms. The molecule has 0 aromatic heterocycles. The Morgan fingerprint density at radius 2 is 0.687 bits per heavy atom. The van der Waals surface area contributed by atoms with Crippen LogP contribution in [0.1, 0.15) is 20.8 Å². The van der Waals surface area contributed by atoms with Crippen molar-refractivity contribution in [1.29, 1.82) is 0 Å². The van der Waals surface area contributed by atoms with Gasteiger partial charge >= 0.3 is 0 Å². The first-order chi connectivity index (χ1) is 39.2. The fourth-order valence-electron chi connectivity index (χ4n) is 10.8. The first-order valence-corrected chi connectivity index (χ1v) is 26.5. The minimum Gasteiger partial charge on any atom is -0.394 e. The molecule has 0 aliphatic carbocycles. The number of amides is 2. The molecule has 83 heavy (non-hydrogen) atoms. The Balaban J connectivity index is 1.21. The largest absolute Gasteiger partial charge is 0.394 e. The van der Waals surface area contributed by atoms with Gasteiger partial charge in [-0.3, -0.25) is 9.59 Å². The van der Waals surface area contributed by atoms with Crippen molar-refractivity contribution < 1.29 is 173 Å². The summed E-state index contributed by atoms with van der Waals surface area (Å²) in [6.45, 7) is -3.04. The molecule has 0 radical (unpaired) electrons. The Labute approximate surface area is 470 Å². The molecule has 0 aromatic rings. The zero-order chi connectivity index (χ0) is 61.2. The van der Waals surface area contributed by atoms with E-state index in [2.05, 4.69) is 10.6 Å². The van der Waals surface area contributed by atoms with Gasteiger partial charge in [-0.1, -0.05) is 0 Å². The van der Waals surface area contributed by atoms with Gasteiger partial charge in [0, 0.05) is 13.8 Å². The highest BCUT2D eigenvalue weighted by molar-refractivity contribution is 5.73. The molecule has 7 heterocycles. The Morgan fingerprint density at radius 1 is 0.313 bits per heavy atom. The minimum atomic E-state index is -2.39. The molecule has 7 aliphatic rings. The van der Waals surface area contributed by atoms with Gasteiger partial charge in [-0.2, -0.15) is 0 Å². The molecule has 7 fully saturated rings. The predicted octanol–water partition coefficient (Wildman–Crippen LogP) is -15.0. The van der Waals surface area contributed by atoms with Crippen molar-refractivity contribution >= 4 is 11.8 Å². The summed E-state index contributed by atoms with van der Waals surface area (Å²) in [7, 11) is 0. The van der Waals surface area contributed by atoms with E-state index in [0.29, 0.717) is 0 Å². The molecule has 7 saturated heterocycles. The molecular formula is C46H78N2O35. The highest BCUT2D eigenvalue weighted by atomic mass is 16.8. The topological polar surface area (TPSA) is 583 Å². The van der Waals surface area contributed by atoms with Gasteiger partial charge in [-0.25, -0.2) is 0 Å². The van der Waals surface area contributed by atoms with Crippen molar-refractivity contribution in [2.24, 2.45) is 0 Å². The number of hydrogen-bond acceptors (Lipinski definition) is 35. The van der Waals surface area contributed by atoms with Crippen LogP contribution in [0, 0.1) is 0 Å². The standard InChI is InChI=1S/C46H78N2O35/c1-10-21(57)26(62)39(41(70)71-10)78-37-24(60)15(6-51)75-45(31(37)67)82-36-20(48-12(3)56)43(74-14(5-50)23(36)59)81-35-18(9-54)77-46(32(68)38(35)83-42-19(47-11(2)55)25(61)22(58)13(4-49)73-42)80-34-17(8-53)76-44(30(66)28(34)64)79-33-16(7-52)72-40(69)29(65)27(33)63/h10,13-46,49-54,57-70H,4-9H2,1-3H3,(H,47,55)(H,48,56)/t10-,13+,14+,15+,16+,17+,18+,19+,20+,21+,22-,23-,24-,25+,26+,27+,28+,29+,30+,31+,32+,33+,34-,35-,36+,37-,38+,39-,40+,41+,42-,43-,44-,45-,46+/m0/s1.